The van der Waals surface area contributed by atoms with Crippen LogP contribution in [0.3, 0.4) is 0 Å². The fourth-order valence-corrected chi connectivity index (χ4v) is 4.34. The molecule has 0 atom stereocenters. The van der Waals surface area contributed by atoms with Gasteiger partial charge in [0.25, 0.3) is 0 Å². The van der Waals surface area contributed by atoms with Crippen LogP contribution < -0.4 is 0 Å². The van der Waals surface area contributed by atoms with Gasteiger partial charge in [0, 0.05) is 6.42 Å². The maximum Gasteiger partial charge on any atom is 0.0164 e. The van der Waals surface area contributed by atoms with Crippen molar-refractivity contribution in [1.29, 1.82) is 0 Å². The average Bonchev–Trinajstić information content (AvgIpc) is 3.10. The first kappa shape index (κ1) is 18.7. The molecule has 1 aliphatic carbocycles. The number of aryl methyl sites for hydroxylation is 1. The van der Waals surface area contributed by atoms with E-state index in [1.165, 1.54) is 44.5 Å². The molecule has 0 saturated carbocycles. The van der Waals surface area contributed by atoms with Crippen molar-refractivity contribution in [2.45, 2.75) is 40.0 Å². The Hall–Kier alpha value is -2.60. The first-order valence-electron chi connectivity index (χ1n) is 10.5. The Morgan fingerprint density at radius 1 is 0.786 bits per heavy atom. The highest BCUT2D eigenvalue weighted by Crippen LogP contribution is 2.42. The van der Waals surface area contributed by atoms with Gasteiger partial charge in [-0.15, -0.1) is 0 Å². The molecule has 0 spiro atoms. The molecule has 0 N–H and O–H groups in total. The van der Waals surface area contributed by atoms with E-state index < -0.39 is 0 Å². The van der Waals surface area contributed by atoms with Crippen molar-refractivity contribution in [3.63, 3.8) is 0 Å². The zero-order chi connectivity index (χ0) is 19.5. The molecule has 3 aromatic carbocycles. The molecule has 0 nitrogen and oxygen atoms in total. The monoisotopic (exact) mass is 365 g/mol. The minimum Gasteiger partial charge on any atom is -0.0651 e. The second-order valence-corrected chi connectivity index (χ2v) is 8.23. The quantitative estimate of drug-likeness (QED) is 0.415. The molecule has 3 aromatic rings. The van der Waals surface area contributed by atoms with E-state index in [1.807, 2.05) is 0 Å². The highest BCUT2D eigenvalue weighted by Gasteiger charge is 2.21. The van der Waals surface area contributed by atoms with Crippen LogP contribution in [0.2, 0.25) is 0 Å². The van der Waals surface area contributed by atoms with Crippen molar-refractivity contribution in [3.8, 4) is 22.3 Å². The van der Waals surface area contributed by atoms with Crippen LogP contribution in [0.4, 0.5) is 0 Å². The van der Waals surface area contributed by atoms with Gasteiger partial charge in [-0.3, -0.25) is 0 Å². The summed E-state index contributed by atoms with van der Waals surface area (Å²) in [4.78, 5) is 0. The minimum absolute atomic E-state index is 0.673. The van der Waals surface area contributed by atoms with E-state index in [-0.39, 0.29) is 0 Å². The van der Waals surface area contributed by atoms with Crippen molar-refractivity contribution >= 4 is 6.08 Å². The largest absolute Gasteiger partial charge is 0.0651 e. The smallest absolute Gasteiger partial charge is 0.0164 e. The molecule has 0 heterocycles. The summed E-state index contributed by atoms with van der Waals surface area (Å²) in [7, 11) is 0. The summed E-state index contributed by atoms with van der Waals surface area (Å²) in [5.74, 6) is 0.673. The van der Waals surface area contributed by atoms with Gasteiger partial charge in [0.15, 0.2) is 0 Å². The highest BCUT2D eigenvalue weighted by atomic mass is 14.3. The Morgan fingerprint density at radius 2 is 1.50 bits per heavy atom. The summed E-state index contributed by atoms with van der Waals surface area (Å²) < 4.78 is 0. The fourth-order valence-electron chi connectivity index (χ4n) is 4.34. The molecule has 0 saturated heterocycles. The molecule has 0 heteroatoms. The lowest BCUT2D eigenvalue weighted by Crippen LogP contribution is -1.97. The van der Waals surface area contributed by atoms with Gasteiger partial charge in [-0.05, 0) is 57.7 Å². The number of fused-ring (bicyclic) bond motifs is 1. The van der Waals surface area contributed by atoms with E-state index >= 15 is 0 Å². The van der Waals surface area contributed by atoms with Crippen LogP contribution in [-0.2, 0) is 6.42 Å². The number of rotatable bonds is 6. The van der Waals surface area contributed by atoms with Crippen molar-refractivity contribution in [2.24, 2.45) is 5.92 Å². The van der Waals surface area contributed by atoms with Gasteiger partial charge in [0.2, 0.25) is 0 Å². The zero-order valence-electron chi connectivity index (χ0n) is 17.2. The normalized spacial score (nSPS) is 12.9. The van der Waals surface area contributed by atoms with Crippen LogP contribution in [0.5, 0.6) is 0 Å². The van der Waals surface area contributed by atoms with E-state index in [0.717, 1.165) is 19.3 Å². The molecular weight excluding hydrogens is 336 g/mol. The molecule has 1 aliphatic rings. The van der Waals surface area contributed by atoms with Crippen molar-refractivity contribution in [2.75, 3.05) is 0 Å². The van der Waals surface area contributed by atoms with Gasteiger partial charge < -0.3 is 0 Å². The number of allylic oxidation sites excluding steroid dienone is 1. The predicted octanol–water partition coefficient (Wildman–Crippen LogP) is 7.97. The van der Waals surface area contributed by atoms with E-state index in [0.29, 0.717) is 5.92 Å². The van der Waals surface area contributed by atoms with Gasteiger partial charge in [0.1, 0.15) is 0 Å². The van der Waals surface area contributed by atoms with E-state index in [4.69, 9.17) is 0 Å². The number of hydrogen-bond donors (Lipinski definition) is 0. The summed E-state index contributed by atoms with van der Waals surface area (Å²) in [5, 5.41) is 0. The molecule has 0 fully saturated rings. The fraction of sp³-hybridized carbons (Fsp3) is 0.250. The molecule has 1 radical (unpaired) electrons. The SMILES string of the molecule is CCCc1ccc2c(c1-c1ccccc1-c1ccccc1)C=C(CC(C)C)[CH]2. The van der Waals surface area contributed by atoms with Crippen LogP contribution in [0, 0.1) is 12.3 Å². The molecular formula is C28H29. The number of benzene rings is 3. The highest BCUT2D eigenvalue weighted by molar-refractivity contribution is 5.92. The lowest BCUT2D eigenvalue weighted by Gasteiger charge is -2.18. The first-order chi connectivity index (χ1) is 13.7. The number of hydrogen-bond acceptors (Lipinski definition) is 0. The van der Waals surface area contributed by atoms with Crippen LogP contribution in [-0.4, -0.2) is 0 Å². The Morgan fingerprint density at radius 3 is 2.21 bits per heavy atom. The third-order valence-electron chi connectivity index (χ3n) is 5.48. The Labute approximate surface area is 169 Å². The van der Waals surface area contributed by atoms with Gasteiger partial charge >= 0.3 is 0 Å². The molecule has 0 aliphatic heterocycles. The third-order valence-corrected chi connectivity index (χ3v) is 5.48. The molecule has 28 heavy (non-hydrogen) atoms. The second-order valence-electron chi connectivity index (χ2n) is 8.23. The Kier molecular flexibility index (Phi) is 5.48. The van der Waals surface area contributed by atoms with Crippen LogP contribution >= 0.6 is 0 Å². The molecule has 0 unspecified atom stereocenters. The summed E-state index contributed by atoms with van der Waals surface area (Å²) in [6, 6.07) is 24.3. The van der Waals surface area contributed by atoms with Gasteiger partial charge in [-0.1, -0.05) is 106 Å². The lowest BCUT2D eigenvalue weighted by atomic mass is 9.86. The molecule has 0 amide bonds. The average molecular weight is 366 g/mol. The van der Waals surface area contributed by atoms with Crippen molar-refractivity contribution < 1.29 is 0 Å². The standard InChI is InChI=1S/C28H29/c1-4-10-23-15-16-24-18-21(17-20(2)3)19-27(24)28(23)26-14-9-8-13-25(26)22-11-6-5-7-12-22/h5-9,11-16,18-20H,4,10,17H2,1-3H3. The Bertz CT molecular complexity index is 990. The minimum atomic E-state index is 0.673. The summed E-state index contributed by atoms with van der Waals surface area (Å²) in [6.45, 7) is 6.86. The van der Waals surface area contributed by atoms with Gasteiger partial charge in [0.05, 0.1) is 0 Å². The molecule has 141 valence electrons. The summed E-state index contributed by atoms with van der Waals surface area (Å²) in [5.41, 5.74) is 11.1. The molecule has 0 aromatic heterocycles. The Balaban J connectivity index is 1.92. The predicted molar refractivity (Wildman–Crippen MR) is 122 cm³/mol. The topological polar surface area (TPSA) is 0 Å². The van der Waals surface area contributed by atoms with Gasteiger partial charge in [-0.25, -0.2) is 0 Å². The van der Waals surface area contributed by atoms with Crippen molar-refractivity contribution in [1.82, 2.24) is 0 Å². The van der Waals surface area contributed by atoms with Crippen molar-refractivity contribution in [3.05, 3.63) is 95.4 Å². The maximum atomic E-state index is 2.44. The first-order valence-corrected chi connectivity index (χ1v) is 10.5. The molecule has 4 rings (SSSR count). The van der Waals surface area contributed by atoms with E-state index in [9.17, 15) is 0 Å². The van der Waals surface area contributed by atoms with Crippen LogP contribution in [0.15, 0.2) is 72.3 Å². The molecule has 0 bridgehead atoms. The van der Waals surface area contributed by atoms with Crippen LogP contribution in [0.1, 0.15) is 50.3 Å². The third kappa shape index (κ3) is 3.69. The van der Waals surface area contributed by atoms with E-state index in [2.05, 4.69) is 100.0 Å². The lowest BCUT2D eigenvalue weighted by molar-refractivity contribution is 0.649. The second kappa shape index (κ2) is 8.19. The zero-order valence-corrected chi connectivity index (χ0v) is 17.2. The maximum absolute atomic E-state index is 2.44. The van der Waals surface area contributed by atoms with Crippen LogP contribution in [0.25, 0.3) is 28.3 Å². The van der Waals surface area contributed by atoms with E-state index in [1.54, 1.807) is 0 Å². The summed E-state index contributed by atoms with van der Waals surface area (Å²) >= 11 is 0. The summed E-state index contributed by atoms with van der Waals surface area (Å²) in [6.07, 6.45) is 8.23. The van der Waals surface area contributed by atoms with Gasteiger partial charge in [-0.2, -0.15) is 0 Å².